The summed E-state index contributed by atoms with van der Waals surface area (Å²) in [6.45, 7) is 6.27. The van der Waals surface area contributed by atoms with Crippen molar-refractivity contribution >= 4 is 27.7 Å². The molecule has 2 nitrogen and oxygen atoms in total. The van der Waals surface area contributed by atoms with Gasteiger partial charge in [-0.3, -0.25) is 0 Å². The quantitative estimate of drug-likeness (QED) is 0.808. The van der Waals surface area contributed by atoms with E-state index < -0.39 is 0 Å². The van der Waals surface area contributed by atoms with Crippen molar-refractivity contribution in [3.63, 3.8) is 0 Å². The van der Waals surface area contributed by atoms with Gasteiger partial charge in [0, 0.05) is 12.3 Å². The Morgan fingerprint density at radius 2 is 2.29 bits per heavy atom. The summed E-state index contributed by atoms with van der Waals surface area (Å²) >= 11 is 5.24. The minimum atomic E-state index is 0.717. The van der Waals surface area contributed by atoms with Crippen LogP contribution >= 0.6 is 27.7 Å². The Balaban J connectivity index is 2.04. The lowest BCUT2D eigenvalue weighted by molar-refractivity contribution is 0.469. The van der Waals surface area contributed by atoms with Gasteiger partial charge in [0.05, 0.1) is 6.54 Å². The molecule has 0 bridgehead atoms. The summed E-state index contributed by atoms with van der Waals surface area (Å²) in [5.74, 6) is 2.13. The molecule has 0 spiro atoms. The average molecular weight is 278 g/mol. The van der Waals surface area contributed by atoms with Crippen molar-refractivity contribution in [2.75, 3.05) is 12.3 Å². The van der Waals surface area contributed by atoms with E-state index in [0.717, 1.165) is 34.5 Å². The van der Waals surface area contributed by atoms with Crippen molar-refractivity contribution in [3.05, 3.63) is 22.6 Å². The van der Waals surface area contributed by atoms with Crippen LogP contribution in [0.3, 0.4) is 0 Å². The van der Waals surface area contributed by atoms with Gasteiger partial charge in [-0.15, -0.1) is 0 Å². The number of hydrogen-bond acceptors (Lipinski definition) is 3. The van der Waals surface area contributed by atoms with E-state index in [4.69, 9.17) is 4.42 Å². The third-order valence-corrected chi connectivity index (χ3v) is 3.19. The van der Waals surface area contributed by atoms with Crippen molar-refractivity contribution in [1.82, 2.24) is 5.32 Å². The molecule has 80 valence electrons. The third kappa shape index (κ3) is 5.08. The minimum Gasteiger partial charge on any atom is -0.453 e. The summed E-state index contributed by atoms with van der Waals surface area (Å²) in [5, 5.41) is 4.05. The fourth-order valence-corrected chi connectivity index (χ4v) is 2.10. The number of furan rings is 1. The maximum Gasteiger partial charge on any atom is 0.169 e. The summed E-state index contributed by atoms with van der Waals surface area (Å²) in [6.07, 6.45) is 0. The zero-order valence-electron chi connectivity index (χ0n) is 8.55. The maximum atomic E-state index is 5.36. The molecule has 1 heterocycles. The Labute approximate surface area is 98.0 Å². The second-order valence-corrected chi connectivity index (χ2v) is 5.77. The standard InChI is InChI=1S/C10H16BrNOS/c1-8(2)14-6-5-12-7-9-3-4-10(11)13-9/h3-4,8,12H,5-7H2,1-2H3. The number of nitrogens with one attached hydrogen (secondary N) is 1. The molecular formula is C10H16BrNOS. The summed E-state index contributed by atoms with van der Waals surface area (Å²) < 4.78 is 6.16. The molecule has 0 aliphatic rings. The van der Waals surface area contributed by atoms with Crippen LogP contribution in [0.1, 0.15) is 19.6 Å². The fraction of sp³-hybridized carbons (Fsp3) is 0.600. The van der Waals surface area contributed by atoms with E-state index in [1.165, 1.54) is 0 Å². The summed E-state index contributed by atoms with van der Waals surface area (Å²) in [7, 11) is 0. The topological polar surface area (TPSA) is 25.2 Å². The third-order valence-electron chi connectivity index (χ3n) is 1.66. The lowest BCUT2D eigenvalue weighted by atomic mass is 10.4. The van der Waals surface area contributed by atoms with Crippen molar-refractivity contribution in [3.8, 4) is 0 Å². The van der Waals surface area contributed by atoms with Gasteiger partial charge in [-0.2, -0.15) is 11.8 Å². The maximum absolute atomic E-state index is 5.36. The predicted molar refractivity (Wildman–Crippen MR) is 65.7 cm³/mol. The van der Waals surface area contributed by atoms with Crippen LogP contribution < -0.4 is 5.32 Å². The molecule has 0 unspecified atom stereocenters. The highest BCUT2D eigenvalue weighted by Gasteiger charge is 1.98. The summed E-state index contributed by atoms with van der Waals surface area (Å²) in [6, 6.07) is 3.90. The van der Waals surface area contributed by atoms with E-state index in [2.05, 4.69) is 35.1 Å². The molecule has 1 aromatic rings. The van der Waals surface area contributed by atoms with Gasteiger partial charge in [0.2, 0.25) is 0 Å². The molecule has 14 heavy (non-hydrogen) atoms. The first-order valence-corrected chi connectivity index (χ1v) is 6.59. The molecular weight excluding hydrogens is 262 g/mol. The smallest absolute Gasteiger partial charge is 0.169 e. The summed E-state index contributed by atoms with van der Waals surface area (Å²) in [4.78, 5) is 0. The van der Waals surface area contributed by atoms with Crippen molar-refractivity contribution in [1.29, 1.82) is 0 Å². The van der Waals surface area contributed by atoms with E-state index in [1.807, 2.05) is 23.9 Å². The second kappa shape index (κ2) is 6.53. The lowest BCUT2D eigenvalue weighted by Gasteiger charge is -2.04. The number of halogens is 1. The lowest BCUT2D eigenvalue weighted by Crippen LogP contribution is -2.16. The van der Waals surface area contributed by atoms with Crippen molar-refractivity contribution in [2.45, 2.75) is 25.6 Å². The van der Waals surface area contributed by atoms with Gasteiger partial charge >= 0.3 is 0 Å². The van der Waals surface area contributed by atoms with E-state index >= 15 is 0 Å². The van der Waals surface area contributed by atoms with Crippen LogP contribution in [-0.2, 0) is 6.54 Å². The highest BCUT2D eigenvalue weighted by Crippen LogP contribution is 2.13. The molecule has 4 heteroatoms. The Morgan fingerprint density at radius 3 is 2.86 bits per heavy atom. The van der Waals surface area contributed by atoms with Crippen molar-refractivity contribution in [2.24, 2.45) is 0 Å². The highest BCUT2D eigenvalue weighted by molar-refractivity contribution is 9.10. The van der Waals surface area contributed by atoms with Crippen LogP contribution in [-0.4, -0.2) is 17.5 Å². The van der Waals surface area contributed by atoms with Gasteiger partial charge in [0.1, 0.15) is 5.76 Å². The van der Waals surface area contributed by atoms with E-state index in [-0.39, 0.29) is 0 Å². The van der Waals surface area contributed by atoms with Gasteiger partial charge in [-0.1, -0.05) is 13.8 Å². The first-order chi connectivity index (χ1) is 6.68. The Bertz CT molecular complexity index is 262. The molecule has 1 rings (SSSR count). The molecule has 1 aromatic heterocycles. The monoisotopic (exact) mass is 277 g/mol. The number of thioether (sulfide) groups is 1. The highest BCUT2D eigenvalue weighted by atomic mass is 79.9. The molecule has 0 atom stereocenters. The molecule has 0 aliphatic heterocycles. The predicted octanol–water partition coefficient (Wildman–Crippen LogP) is 3.27. The second-order valence-electron chi connectivity index (χ2n) is 3.30. The normalized spacial score (nSPS) is 11.1. The van der Waals surface area contributed by atoms with E-state index in [1.54, 1.807) is 0 Å². The molecule has 0 radical (unpaired) electrons. The van der Waals surface area contributed by atoms with Gasteiger partial charge in [0.25, 0.3) is 0 Å². The van der Waals surface area contributed by atoms with Gasteiger partial charge in [-0.05, 0) is 33.3 Å². The van der Waals surface area contributed by atoms with Crippen LogP contribution in [0.5, 0.6) is 0 Å². The first-order valence-electron chi connectivity index (χ1n) is 4.75. The summed E-state index contributed by atoms with van der Waals surface area (Å²) in [5.41, 5.74) is 0. The van der Waals surface area contributed by atoms with Crippen molar-refractivity contribution < 1.29 is 4.42 Å². The number of rotatable bonds is 6. The van der Waals surface area contributed by atoms with Crippen LogP contribution in [0.15, 0.2) is 21.2 Å². The van der Waals surface area contributed by atoms with Crippen LogP contribution in [0.4, 0.5) is 0 Å². The zero-order valence-corrected chi connectivity index (χ0v) is 11.0. The molecule has 0 aliphatic carbocycles. The molecule has 0 aromatic carbocycles. The Hall–Kier alpha value is 0.0700. The van der Waals surface area contributed by atoms with E-state index in [9.17, 15) is 0 Å². The van der Waals surface area contributed by atoms with E-state index in [0.29, 0.717) is 0 Å². The molecule has 1 N–H and O–H groups in total. The minimum absolute atomic E-state index is 0.717. The fourth-order valence-electron chi connectivity index (χ4n) is 1.03. The Morgan fingerprint density at radius 1 is 1.50 bits per heavy atom. The van der Waals surface area contributed by atoms with Gasteiger partial charge < -0.3 is 9.73 Å². The molecule has 0 saturated heterocycles. The molecule has 0 saturated carbocycles. The average Bonchev–Trinajstić information content (AvgIpc) is 2.50. The first kappa shape index (κ1) is 12.1. The number of hydrogen-bond donors (Lipinski definition) is 1. The Kier molecular flexibility index (Phi) is 5.67. The van der Waals surface area contributed by atoms with Gasteiger partial charge in [-0.25, -0.2) is 0 Å². The SMILES string of the molecule is CC(C)SCCNCc1ccc(Br)o1. The van der Waals surface area contributed by atoms with Crippen LogP contribution in [0, 0.1) is 0 Å². The largest absolute Gasteiger partial charge is 0.453 e. The zero-order chi connectivity index (χ0) is 10.4. The van der Waals surface area contributed by atoms with Crippen LogP contribution in [0.2, 0.25) is 0 Å². The molecule has 0 amide bonds. The van der Waals surface area contributed by atoms with Gasteiger partial charge in [0.15, 0.2) is 4.67 Å². The van der Waals surface area contributed by atoms with Crippen LogP contribution in [0.25, 0.3) is 0 Å². The molecule has 0 fully saturated rings.